The molecule has 0 aliphatic rings. The van der Waals surface area contributed by atoms with Crippen molar-refractivity contribution in [3.8, 4) is 11.3 Å². The van der Waals surface area contributed by atoms with Crippen molar-refractivity contribution in [2.75, 3.05) is 6.61 Å². The molecular formula is C22H22ClN3O2. The van der Waals surface area contributed by atoms with Gasteiger partial charge in [0.2, 0.25) is 5.91 Å². The van der Waals surface area contributed by atoms with Crippen LogP contribution in [0.15, 0.2) is 66.9 Å². The quantitative estimate of drug-likeness (QED) is 0.598. The molecule has 1 atom stereocenters. The van der Waals surface area contributed by atoms with E-state index in [0.29, 0.717) is 11.6 Å². The van der Waals surface area contributed by atoms with Gasteiger partial charge in [-0.15, -0.1) is 0 Å². The maximum atomic E-state index is 12.0. The summed E-state index contributed by atoms with van der Waals surface area (Å²) in [6.07, 6.45) is 5.08. The molecule has 6 heteroatoms. The van der Waals surface area contributed by atoms with Gasteiger partial charge in [0.05, 0.1) is 18.8 Å². The standard InChI is InChI=1S/C22H22ClN3O2/c1-16(15-27)24-21(28)12-11-19-14-26(13-18-9-5-6-10-20(18)23)25-22(19)17-7-3-2-4-8-17/h2-12,14,16,27H,13,15H2,1H3,(H,24,28)/b12-11+. The van der Waals surface area contributed by atoms with E-state index in [1.165, 1.54) is 6.08 Å². The highest BCUT2D eigenvalue weighted by molar-refractivity contribution is 6.31. The summed E-state index contributed by atoms with van der Waals surface area (Å²) in [4.78, 5) is 12.0. The van der Waals surface area contributed by atoms with Gasteiger partial charge < -0.3 is 10.4 Å². The Morgan fingerprint density at radius 2 is 1.93 bits per heavy atom. The Kier molecular flexibility index (Phi) is 6.63. The molecule has 0 spiro atoms. The lowest BCUT2D eigenvalue weighted by atomic mass is 10.1. The van der Waals surface area contributed by atoms with E-state index in [4.69, 9.17) is 21.8 Å². The van der Waals surface area contributed by atoms with Gasteiger partial charge in [-0.25, -0.2) is 0 Å². The molecule has 3 rings (SSSR count). The number of hydrogen-bond acceptors (Lipinski definition) is 3. The van der Waals surface area contributed by atoms with Crippen LogP contribution in [0.3, 0.4) is 0 Å². The number of amides is 1. The second-order valence-electron chi connectivity index (χ2n) is 6.51. The van der Waals surface area contributed by atoms with Crippen LogP contribution < -0.4 is 5.32 Å². The Balaban J connectivity index is 1.90. The number of rotatable bonds is 7. The van der Waals surface area contributed by atoms with Crippen molar-refractivity contribution < 1.29 is 9.90 Å². The first-order valence-corrected chi connectivity index (χ1v) is 9.40. The van der Waals surface area contributed by atoms with Gasteiger partial charge in [-0.3, -0.25) is 9.48 Å². The predicted octanol–water partition coefficient (Wildman–Crippen LogP) is 3.76. The fourth-order valence-corrected chi connectivity index (χ4v) is 2.96. The van der Waals surface area contributed by atoms with Gasteiger partial charge in [-0.1, -0.05) is 60.1 Å². The maximum absolute atomic E-state index is 12.0. The van der Waals surface area contributed by atoms with Crippen molar-refractivity contribution in [1.82, 2.24) is 15.1 Å². The van der Waals surface area contributed by atoms with E-state index in [0.717, 1.165) is 22.4 Å². The minimum Gasteiger partial charge on any atom is -0.394 e. The van der Waals surface area contributed by atoms with Crippen LogP contribution in [0.2, 0.25) is 5.02 Å². The molecule has 1 unspecified atom stereocenters. The van der Waals surface area contributed by atoms with Crippen LogP contribution in [0.25, 0.3) is 17.3 Å². The highest BCUT2D eigenvalue weighted by atomic mass is 35.5. The number of halogens is 1. The molecule has 0 radical (unpaired) electrons. The van der Waals surface area contributed by atoms with Crippen LogP contribution in [0.5, 0.6) is 0 Å². The summed E-state index contributed by atoms with van der Waals surface area (Å²) in [5.74, 6) is -0.264. The molecule has 0 fully saturated rings. The summed E-state index contributed by atoms with van der Waals surface area (Å²) >= 11 is 6.27. The summed E-state index contributed by atoms with van der Waals surface area (Å²) < 4.78 is 1.82. The molecule has 1 amide bonds. The number of hydrogen-bond donors (Lipinski definition) is 2. The lowest BCUT2D eigenvalue weighted by Gasteiger charge is -2.07. The molecule has 2 aromatic carbocycles. The fourth-order valence-electron chi connectivity index (χ4n) is 2.76. The van der Waals surface area contributed by atoms with Gasteiger partial charge in [-0.2, -0.15) is 5.10 Å². The monoisotopic (exact) mass is 395 g/mol. The van der Waals surface area contributed by atoms with Crippen LogP contribution in [-0.4, -0.2) is 33.4 Å². The summed E-state index contributed by atoms with van der Waals surface area (Å²) in [6.45, 7) is 2.16. The number of benzene rings is 2. The molecule has 1 heterocycles. The van der Waals surface area contributed by atoms with Gasteiger partial charge in [0, 0.05) is 34.5 Å². The molecule has 1 aromatic heterocycles. The van der Waals surface area contributed by atoms with Crippen molar-refractivity contribution >= 4 is 23.6 Å². The number of aromatic nitrogens is 2. The van der Waals surface area contributed by atoms with E-state index in [1.54, 1.807) is 13.0 Å². The molecule has 5 nitrogen and oxygen atoms in total. The van der Waals surface area contributed by atoms with Gasteiger partial charge in [0.25, 0.3) is 0 Å². The van der Waals surface area contributed by atoms with Crippen LogP contribution in [-0.2, 0) is 11.3 Å². The first-order valence-electron chi connectivity index (χ1n) is 9.02. The lowest BCUT2D eigenvalue weighted by Crippen LogP contribution is -2.33. The smallest absolute Gasteiger partial charge is 0.244 e. The first kappa shape index (κ1) is 19.9. The van der Waals surface area contributed by atoms with E-state index in [9.17, 15) is 4.79 Å². The largest absolute Gasteiger partial charge is 0.394 e. The average Bonchev–Trinajstić information content (AvgIpc) is 3.11. The summed E-state index contributed by atoms with van der Waals surface area (Å²) in [5, 5.41) is 17.2. The highest BCUT2D eigenvalue weighted by Crippen LogP contribution is 2.24. The molecule has 2 N–H and O–H groups in total. The number of carbonyl (C=O) groups excluding carboxylic acids is 1. The van der Waals surface area contributed by atoms with Crippen molar-refractivity contribution in [2.45, 2.75) is 19.5 Å². The first-order chi connectivity index (χ1) is 13.6. The van der Waals surface area contributed by atoms with Gasteiger partial charge in [0.1, 0.15) is 0 Å². The molecule has 144 valence electrons. The Labute approximate surface area is 169 Å². The molecule has 0 aliphatic heterocycles. The van der Waals surface area contributed by atoms with Crippen LogP contribution in [0, 0.1) is 0 Å². The minimum atomic E-state index is -0.298. The number of aliphatic hydroxyl groups is 1. The van der Waals surface area contributed by atoms with Crippen LogP contribution in [0.4, 0.5) is 0 Å². The summed E-state index contributed by atoms with van der Waals surface area (Å²) in [7, 11) is 0. The minimum absolute atomic E-state index is 0.107. The number of carbonyl (C=O) groups is 1. The second kappa shape index (κ2) is 9.35. The lowest BCUT2D eigenvalue weighted by molar-refractivity contribution is -0.117. The maximum Gasteiger partial charge on any atom is 0.244 e. The van der Waals surface area contributed by atoms with Crippen molar-refractivity contribution in [3.63, 3.8) is 0 Å². The predicted molar refractivity (Wildman–Crippen MR) is 112 cm³/mol. The van der Waals surface area contributed by atoms with E-state index in [1.807, 2.05) is 65.5 Å². The van der Waals surface area contributed by atoms with Gasteiger partial charge in [0.15, 0.2) is 0 Å². The third kappa shape index (κ3) is 5.09. The topological polar surface area (TPSA) is 67.2 Å². The SMILES string of the molecule is CC(CO)NC(=O)/C=C/c1cn(Cc2ccccc2Cl)nc1-c1ccccc1. The molecule has 0 saturated carbocycles. The van der Waals surface area contributed by atoms with E-state index in [2.05, 4.69) is 5.32 Å². The Morgan fingerprint density at radius 1 is 1.21 bits per heavy atom. The normalized spacial score (nSPS) is 12.2. The van der Waals surface area contributed by atoms with Crippen LogP contribution >= 0.6 is 11.6 Å². The van der Waals surface area contributed by atoms with Gasteiger partial charge >= 0.3 is 0 Å². The Hall–Kier alpha value is -2.89. The second-order valence-corrected chi connectivity index (χ2v) is 6.92. The molecule has 0 bridgehead atoms. The zero-order valence-corrected chi connectivity index (χ0v) is 16.3. The molecule has 28 heavy (non-hydrogen) atoms. The average molecular weight is 396 g/mol. The number of nitrogens with one attached hydrogen (secondary N) is 1. The number of nitrogens with zero attached hydrogens (tertiary/aromatic N) is 2. The third-order valence-electron chi connectivity index (χ3n) is 4.20. The fraction of sp³-hybridized carbons (Fsp3) is 0.182. The zero-order chi connectivity index (χ0) is 19.9. The van der Waals surface area contributed by atoms with Crippen molar-refractivity contribution in [1.29, 1.82) is 0 Å². The zero-order valence-electron chi connectivity index (χ0n) is 15.5. The molecule has 3 aromatic rings. The molecule has 0 aliphatic carbocycles. The Morgan fingerprint density at radius 3 is 2.64 bits per heavy atom. The van der Waals surface area contributed by atoms with Gasteiger partial charge in [-0.05, 0) is 24.6 Å². The van der Waals surface area contributed by atoms with Crippen LogP contribution in [0.1, 0.15) is 18.1 Å². The van der Waals surface area contributed by atoms with E-state index < -0.39 is 0 Å². The van der Waals surface area contributed by atoms with Crippen molar-refractivity contribution in [3.05, 3.63) is 83.0 Å². The van der Waals surface area contributed by atoms with Crippen molar-refractivity contribution in [2.24, 2.45) is 0 Å². The molecular weight excluding hydrogens is 374 g/mol. The van der Waals surface area contributed by atoms with E-state index in [-0.39, 0.29) is 18.6 Å². The summed E-state index contributed by atoms with van der Waals surface area (Å²) in [6, 6.07) is 17.2. The highest BCUT2D eigenvalue weighted by Gasteiger charge is 2.11. The molecule has 0 saturated heterocycles. The Bertz CT molecular complexity index is 967. The van der Waals surface area contributed by atoms with E-state index >= 15 is 0 Å². The number of aliphatic hydroxyl groups excluding tert-OH is 1. The third-order valence-corrected chi connectivity index (χ3v) is 4.57. The summed E-state index contributed by atoms with van der Waals surface area (Å²) in [5.41, 5.74) is 3.54.